The molecule has 2 aromatic heterocycles. The fourth-order valence-electron chi connectivity index (χ4n) is 3.89. The number of fused-ring (bicyclic) bond motifs is 1. The molecule has 3 aromatic rings. The smallest absolute Gasteiger partial charge is 0.225 e. The van der Waals surface area contributed by atoms with Crippen LogP contribution in [0.3, 0.4) is 0 Å². The highest BCUT2D eigenvalue weighted by Crippen LogP contribution is 2.49. The molecule has 0 radical (unpaired) electrons. The Morgan fingerprint density at radius 1 is 1.03 bits per heavy atom. The van der Waals surface area contributed by atoms with Crippen LogP contribution in [0.1, 0.15) is 34.7 Å². The minimum absolute atomic E-state index is 0. The lowest BCUT2D eigenvalue weighted by Gasteiger charge is -2.46. The molecule has 0 bridgehead atoms. The molecule has 1 aliphatic rings. The average molecular weight is 446 g/mol. The van der Waals surface area contributed by atoms with E-state index in [2.05, 4.69) is 40.1 Å². The van der Waals surface area contributed by atoms with Gasteiger partial charge in [-0.15, -0.1) is 0 Å². The average Bonchev–Trinajstić information content (AvgIpc) is 2.84. The fraction of sp³-hybridized carbons (Fsp3) is 0.458. The van der Waals surface area contributed by atoms with Gasteiger partial charge in [0.25, 0.3) is 0 Å². The third-order valence-electron chi connectivity index (χ3n) is 5.94. The molecule has 4 rings (SSSR count). The molecule has 0 spiro atoms. The van der Waals surface area contributed by atoms with Gasteiger partial charge in [-0.25, -0.2) is 20.0 Å². The Bertz CT molecular complexity index is 972. The highest BCUT2D eigenvalue weighted by molar-refractivity contribution is 8.33. The van der Waals surface area contributed by atoms with E-state index in [1.165, 1.54) is 35.3 Å². The lowest BCUT2D eigenvalue weighted by atomic mass is 10.2. The summed E-state index contributed by atoms with van der Waals surface area (Å²) < 4.78 is 13.0. The third kappa shape index (κ3) is 5.45. The first-order chi connectivity index (χ1) is 15.1. The summed E-state index contributed by atoms with van der Waals surface area (Å²) in [7, 11) is -0.466. The van der Waals surface area contributed by atoms with Gasteiger partial charge in [0, 0.05) is 32.6 Å². The predicted molar refractivity (Wildman–Crippen MR) is 135 cm³/mol. The van der Waals surface area contributed by atoms with E-state index >= 15 is 0 Å². The van der Waals surface area contributed by atoms with Gasteiger partial charge >= 0.3 is 0 Å². The van der Waals surface area contributed by atoms with Crippen LogP contribution >= 0.6 is 10.0 Å². The van der Waals surface area contributed by atoms with Gasteiger partial charge in [-0.3, -0.25) is 0 Å². The first-order valence-corrected chi connectivity index (χ1v) is 13.5. The Labute approximate surface area is 188 Å². The molecular weight excluding hydrogens is 409 g/mol. The number of hydrogen-bond donors (Lipinski definition) is 1. The number of para-hydroxylation sites is 1. The van der Waals surface area contributed by atoms with Gasteiger partial charge in [-0.05, 0) is 46.8 Å². The van der Waals surface area contributed by atoms with Crippen molar-refractivity contribution in [1.82, 2.24) is 15.0 Å². The Morgan fingerprint density at radius 2 is 1.74 bits per heavy atom. The molecule has 0 aliphatic carbocycles. The molecule has 170 valence electrons. The minimum Gasteiger partial charge on any atom is -0.354 e. The molecule has 5 nitrogen and oxygen atoms in total. The molecule has 1 aliphatic heterocycles. The second-order valence-electron chi connectivity index (χ2n) is 7.43. The Morgan fingerprint density at radius 3 is 2.39 bits per heavy atom. The molecule has 0 atom stereocenters. The standard InChI is InChI=1S/C22H28FN5S.C2H6.H2/c1-3-29(4-2)13-11-28(12-14-29)21-18-7-5-6-8-19(18)26-22(27-21)25-16-17-9-10-20(23)24-15-17;1-2;/h5-10,15H,3-4,11-14,16H2,1-2H3,(H,25,26,27);1-2H3;1H. The lowest BCUT2D eigenvalue weighted by Crippen LogP contribution is -2.40. The van der Waals surface area contributed by atoms with E-state index in [9.17, 15) is 4.39 Å². The van der Waals surface area contributed by atoms with E-state index in [-0.39, 0.29) is 1.43 Å². The van der Waals surface area contributed by atoms with Crippen molar-refractivity contribution in [3.05, 3.63) is 54.1 Å². The first kappa shape index (κ1) is 23.3. The summed E-state index contributed by atoms with van der Waals surface area (Å²) in [6, 6.07) is 11.3. The van der Waals surface area contributed by atoms with Gasteiger partial charge in [-0.2, -0.15) is 9.37 Å². The van der Waals surface area contributed by atoms with E-state index in [4.69, 9.17) is 4.98 Å². The maximum Gasteiger partial charge on any atom is 0.225 e. The van der Waals surface area contributed by atoms with Gasteiger partial charge in [-0.1, -0.05) is 45.9 Å². The van der Waals surface area contributed by atoms with Gasteiger partial charge in [0.1, 0.15) is 5.82 Å². The van der Waals surface area contributed by atoms with E-state index in [1.54, 1.807) is 6.07 Å². The van der Waals surface area contributed by atoms with Gasteiger partial charge in [0.05, 0.1) is 5.52 Å². The first-order valence-electron chi connectivity index (χ1n) is 11.2. The number of nitrogens with one attached hydrogen (secondary N) is 1. The van der Waals surface area contributed by atoms with Crippen LogP contribution in [0.25, 0.3) is 10.9 Å². The van der Waals surface area contributed by atoms with Gasteiger partial charge in [0.2, 0.25) is 11.9 Å². The predicted octanol–water partition coefficient (Wildman–Crippen LogP) is 5.71. The monoisotopic (exact) mass is 445 g/mol. The Kier molecular flexibility index (Phi) is 8.07. The van der Waals surface area contributed by atoms with Crippen LogP contribution in [0.4, 0.5) is 16.2 Å². The normalized spacial score (nSPS) is 16.4. The maximum absolute atomic E-state index is 13.0. The number of rotatable bonds is 6. The molecule has 7 heteroatoms. The van der Waals surface area contributed by atoms with Crippen LogP contribution < -0.4 is 10.2 Å². The van der Waals surface area contributed by atoms with Crippen LogP contribution in [0, 0.1) is 5.95 Å². The van der Waals surface area contributed by atoms with E-state index < -0.39 is 16.0 Å². The molecule has 1 aromatic carbocycles. The number of halogens is 1. The number of nitrogens with zero attached hydrogens (tertiary/aromatic N) is 4. The van der Waals surface area contributed by atoms with Crippen LogP contribution in [0.15, 0.2) is 42.6 Å². The minimum atomic E-state index is -0.472. The Hall–Kier alpha value is -2.41. The summed E-state index contributed by atoms with van der Waals surface area (Å²) in [4.78, 5) is 15.7. The quantitative estimate of drug-likeness (QED) is 0.492. The molecule has 1 fully saturated rings. The SMILES string of the molecule is CC.CCS1(CC)CCN(c2nc(NCc3ccc(F)nc3)nc3ccccc23)CC1.[HH]. The van der Waals surface area contributed by atoms with Crippen molar-refractivity contribution in [2.75, 3.05) is 46.3 Å². The largest absolute Gasteiger partial charge is 0.354 e. The molecule has 31 heavy (non-hydrogen) atoms. The summed E-state index contributed by atoms with van der Waals surface area (Å²) in [5.74, 6) is 6.33. The van der Waals surface area contributed by atoms with Crippen molar-refractivity contribution in [2.24, 2.45) is 0 Å². The Balaban J connectivity index is 0.00000118. The zero-order valence-corrected chi connectivity index (χ0v) is 19.9. The van der Waals surface area contributed by atoms with Crippen LogP contribution in [-0.2, 0) is 6.54 Å². The van der Waals surface area contributed by atoms with E-state index in [0.717, 1.165) is 35.4 Å². The lowest BCUT2D eigenvalue weighted by molar-refractivity contribution is 0.582. The van der Waals surface area contributed by atoms with Crippen molar-refractivity contribution in [2.45, 2.75) is 34.2 Å². The van der Waals surface area contributed by atoms with E-state index in [1.807, 2.05) is 32.0 Å². The van der Waals surface area contributed by atoms with Crippen molar-refractivity contribution >= 4 is 32.7 Å². The molecule has 1 saturated heterocycles. The van der Waals surface area contributed by atoms with Crippen molar-refractivity contribution in [1.29, 1.82) is 0 Å². The van der Waals surface area contributed by atoms with Crippen LogP contribution in [0.2, 0.25) is 0 Å². The number of anilines is 2. The highest BCUT2D eigenvalue weighted by Gasteiger charge is 2.28. The van der Waals surface area contributed by atoms with Gasteiger partial charge in [0.15, 0.2) is 0 Å². The zero-order chi connectivity index (χ0) is 22.3. The topological polar surface area (TPSA) is 53.9 Å². The number of aromatic nitrogens is 3. The summed E-state index contributed by atoms with van der Waals surface area (Å²) >= 11 is 0. The summed E-state index contributed by atoms with van der Waals surface area (Å²) in [5.41, 5.74) is 1.83. The van der Waals surface area contributed by atoms with Crippen LogP contribution in [-0.4, -0.2) is 51.1 Å². The summed E-state index contributed by atoms with van der Waals surface area (Å²) in [6.45, 7) is 11.3. The molecule has 0 unspecified atom stereocenters. The number of pyridine rings is 1. The zero-order valence-electron chi connectivity index (χ0n) is 19.1. The molecule has 1 N–H and O–H groups in total. The van der Waals surface area contributed by atoms with Crippen molar-refractivity contribution in [3.63, 3.8) is 0 Å². The van der Waals surface area contributed by atoms with Crippen molar-refractivity contribution in [3.8, 4) is 0 Å². The third-order valence-corrected chi connectivity index (χ3v) is 10.5. The van der Waals surface area contributed by atoms with Gasteiger partial charge < -0.3 is 10.2 Å². The fourth-order valence-corrected chi connectivity index (χ4v) is 6.87. The van der Waals surface area contributed by atoms with E-state index in [0.29, 0.717) is 12.5 Å². The second-order valence-corrected chi connectivity index (χ2v) is 11.8. The number of hydrogen-bond acceptors (Lipinski definition) is 5. The molecular formula is C24H36FN5S. The molecule has 0 amide bonds. The van der Waals surface area contributed by atoms with Crippen LogP contribution in [0.5, 0.6) is 0 Å². The molecule has 0 saturated carbocycles. The summed E-state index contributed by atoms with van der Waals surface area (Å²) in [5, 5.41) is 4.38. The summed E-state index contributed by atoms with van der Waals surface area (Å²) in [6.07, 6.45) is 1.53. The van der Waals surface area contributed by atoms with Crippen molar-refractivity contribution < 1.29 is 5.82 Å². The highest BCUT2D eigenvalue weighted by atomic mass is 32.3. The molecule has 3 heterocycles. The number of benzene rings is 1. The second kappa shape index (κ2) is 10.8. The maximum atomic E-state index is 13.0.